The average Bonchev–Trinajstić information content (AvgIpc) is 2.55. The van der Waals surface area contributed by atoms with Crippen molar-refractivity contribution in [1.82, 2.24) is 4.90 Å². The van der Waals surface area contributed by atoms with Crippen molar-refractivity contribution in [2.24, 2.45) is 5.92 Å². The lowest BCUT2D eigenvalue weighted by atomic mass is 10.1. The van der Waals surface area contributed by atoms with E-state index in [1.165, 1.54) is 11.1 Å². The van der Waals surface area contributed by atoms with E-state index in [4.69, 9.17) is 4.74 Å². The first-order valence-electron chi connectivity index (χ1n) is 9.10. The highest BCUT2D eigenvalue weighted by Crippen LogP contribution is 2.11. The standard InChI is InChI=1S/C22H31NO2/c1-18(2)13-23(14-21-11-7-8-19(3)12-21)15-22(24)17-25-16-20-9-5-4-6-10-20/h4-12,18,22,24H,13-17H2,1-3H3. The molecule has 0 aromatic heterocycles. The van der Waals surface area contributed by atoms with Gasteiger partial charge in [-0.25, -0.2) is 0 Å². The Morgan fingerprint density at radius 2 is 1.68 bits per heavy atom. The molecule has 0 saturated heterocycles. The van der Waals surface area contributed by atoms with E-state index < -0.39 is 6.10 Å². The third-order valence-electron chi connectivity index (χ3n) is 4.00. The summed E-state index contributed by atoms with van der Waals surface area (Å²) < 4.78 is 5.68. The molecule has 0 radical (unpaired) electrons. The Morgan fingerprint density at radius 1 is 0.960 bits per heavy atom. The number of ether oxygens (including phenoxy) is 1. The average molecular weight is 341 g/mol. The summed E-state index contributed by atoms with van der Waals surface area (Å²) in [5, 5.41) is 10.4. The molecule has 0 aliphatic heterocycles. The van der Waals surface area contributed by atoms with Crippen LogP contribution in [0.15, 0.2) is 54.6 Å². The molecular weight excluding hydrogens is 310 g/mol. The number of aliphatic hydroxyl groups is 1. The van der Waals surface area contributed by atoms with E-state index >= 15 is 0 Å². The van der Waals surface area contributed by atoms with E-state index in [1.54, 1.807) is 0 Å². The van der Waals surface area contributed by atoms with Crippen LogP contribution >= 0.6 is 0 Å². The third kappa shape index (κ3) is 7.82. The van der Waals surface area contributed by atoms with Gasteiger partial charge in [0, 0.05) is 19.6 Å². The molecular formula is C22H31NO2. The largest absolute Gasteiger partial charge is 0.389 e. The zero-order chi connectivity index (χ0) is 18.1. The summed E-state index contributed by atoms with van der Waals surface area (Å²) in [4.78, 5) is 2.32. The maximum Gasteiger partial charge on any atom is 0.0900 e. The van der Waals surface area contributed by atoms with Crippen LogP contribution in [-0.4, -0.2) is 35.8 Å². The minimum atomic E-state index is -0.479. The van der Waals surface area contributed by atoms with Crippen LogP contribution in [0, 0.1) is 12.8 Å². The smallest absolute Gasteiger partial charge is 0.0900 e. The molecule has 0 aliphatic carbocycles. The number of hydrogen-bond donors (Lipinski definition) is 1. The Hall–Kier alpha value is -1.68. The van der Waals surface area contributed by atoms with Gasteiger partial charge in [0.1, 0.15) is 0 Å². The minimum Gasteiger partial charge on any atom is -0.389 e. The third-order valence-corrected chi connectivity index (χ3v) is 4.00. The first-order valence-corrected chi connectivity index (χ1v) is 9.10. The Bertz CT molecular complexity index is 612. The van der Waals surface area contributed by atoms with Crippen LogP contribution in [0.5, 0.6) is 0 Å². The quantitative estimate of drug-likeness (QED) is 0.708. The molecule has 0 saturated carbocycles. The van der Waals surface area contributed by atoms with Crippen LogP contribution in [0.25, 0.3) is 0 Å². The van der Waals surface area contributed by atoms with Gasteiger partial charge < -0.3 is 9.84 Å². The first kappa shape index (κ1) is 19.6. The number of benzene rings is 2. The molecule has 2 aromatic carbocycles. The monoisotopic (exact) mass is 341 g/mol. The summed E-state index contributed by atoms with van der Waals surface area (Å²) in [7, 11) is 0. The van der Waals surface area contributed by atoms with Gasteiger partial charge in [-0.1, -0.05) is 74.0 Å². The zero-order valence-corrected chi connectivity index (χ0v) is 15.7. The molecule has 136 valence electrons. The van der Waals surface area contributed by atoms with Crippen molar-refractivity contribution in [3.63, 3.8) is 0 Å². The fraction of sp³-hybridized carbons (Fsp3) is 0.455. The molecule has 3 nitrogen and oxygen atoms in total. The Kier molecular flexibility index (Phi) is 8.13. The maximum absolute atomic E-state index is 10.4. The van der Waals surface area contributed by atoms with Crippen molar-refractivity contribution in [2.45, 2.75) is 40.0 Å². The van der Waals surface area contributed by atoms with Crippen LogP contribution in [-0.2, 0) is 17.9 Å². The molecule has 3 heteroatoms. The number of rotatable bonds is 10. The SMILES string of the molecule is Cc1cccc(CN(CC(C)C)CC(O)COCc2ccccc2)c1. The molecule has 2 rings (SSSR count). The van der Waals surface area contributed by atoms with Gasteiger partial charge in [-0.15, -0.1) is 0 Å². The second kappa shape index (κ2) is 10.3. The van der Waals surface area contributed by atoms with Gasteiger partial charge >= 0.3 is 0 Å². The second-order valence-electron chi connectivity index (χ2n) is 7.23. The van der Waals surface area contributed by atoms with Gasteiger partial charge in [0.05, 0.1) is 19.3 Å². The lowest BCUT2D eigenvalue weighted by molar-refractivity contribution is 0.00678. The van der Waals surface area contributed by atoms with E-state index in [9.17, 15) is 5.11 Å². The first-order chi connectivity index (χ1) is 12.0. The summed E-state index contributed by atoms with van der Waals surface area (Å²) in [6.07, 6.45) is -0.479. The predicted octanol–water partition coefficient (Wildman–Crippen LogP) is 4.03. The predicted molar refractivity (Wildman–Crippen MR) is 103 cm³/mol. The van der Waals surface area contributed by atoms with Crippen LogP contribution in [0.3, 0.4) is 0 Å². The van der Waals surface area contributed by atoms with Crippen LogP contribution in [0.1, 0.15) is 30.5 Å². The van der Waals surface area contributed by atoms with E-state index in [2.05, 4.69) is 49.9 Å². The van der Waals surface area contributed by atoms with Gasteiger partial charge in [-0.3, -0.25) is 4.90 Å². The number of hydrogen-bond acceptors (Lipinski definition) is 3. The fourth-order valence-electron chi connectivity index (χ4n) is 3.03. The van der Waals surface area contributed by atoms with Crippen molar-refractivity contribution < 1.29 is 9.84 Å². The Morgan fingerprint density at radius 3 is 2.36 bits per heavy atom. The van der Waals surface area contributed by atoms with Gasteiger partial charge in [0.2, 0.25) is 0 Å². The number of aliphatic hydroxyl groups excluding tert-OH is 1. The number of nitrogens with zero attached hydrogens (tertiary/aromatic N) is 1. The molecule has 0 amide bonds. The Labute approximate surface area is 152 Å². The summed E-state index contributed by atoms with van der Waals surface area (Å²) >= 11 is 0. The van der Waals surface area contributed by atoms with E-state index in [0.717, 1.165) is 18.7 Å². The van der Waals surface area contributed by atoms with Crippen molar-refractivity contribution >= 4 is 0 Å². The molecule has 1 N–H and O–H groups in total. The summed E-state index contributed by atoms with van der Waals surface area (Å²) in [5.74, 6) is 0.558. The van der Waals surface area contributed by atoms with Crippen molar-refractivity contribution in [2.75, 3.05) is 19.7 Å². The number of aryl methyl sites for hydroxylation is 1. The van der Waals surface area contributed by atoms with Crippen LogP contribution in [0.4, 0.5) is 0 Å². The summed E-state index contributed by atoms with van der Waals surface area (Å²) in [5.41, 5.74) is 3.69. The minimum absolute atomic E-state index is 0.358. The molecule has 2 aromatic rings. The molecule has 0 fully saturated rings. The lowest BCUT2D eigenvalue weighted by Gasteiger charge is -2.27. The highest BCUT2D eigenvalue weighted by molar-refractivity contribution is 5.22. The van der Waals surface area contributed by atoms with Crippen molar-refractivity contribution in [1.29, 1.82) is 0 Å². The van der Waals surface area contributed by atoms with Crippen molar-refractivity contribution in [3.8, 4) is 0 Å². The summed E-state index contributed by atoms with van der Waals surface area (Å²) in [6.45, 7) is 9.88. The normalized spacial score (nSPS) is 12.7. The van der Waals surface area contributed by atoms with E-state index in [-0.39, 0.29) is 0 Å². The van der Waals surface area contributed by atoms with Crippen molar-refractivity contribution in [3.05, 3.63) is 71.3 Å². The van der Waals surface area contributed by atoms with Crippen LogP contribution in [0.2, 0.25) is 0 Å². The van der Waals surface area contributed by atoms with Gasteiger partial charge in [0.25, 0.3) is 0 Å². The molecule has 25 heavy (non-hydrogen) atoms. The molecule has 0 bridgehead atoms. The fourth-order valence-corrected chi connectivity index (χ4v) is 3.03. The summed E-state index contributed by atoms with van der Waals surface area (Å²) in [6, 6.07) is 18.6. The molecule has 1 unspecified atom stereocenters. The second-order valence-corrected chi connectivity index (χ2v) is 7.23. The maximum atomic E-state index is 10.4. The van der Waals surface area contributed by atoms with Crippen LogP contribution < -0.4 is 0 Å². The highest BCUT2D eigenvalue weighted by atomic mass is 16.5. The van der Waals surface area contributed by atoms with Gasteiger partial charge in [-0.2, -0.15) is 0 Å². The molecule has 0 heterocycles. The van der Waals surface area contributed by atoms with Gasteiger partial charge in [-0.05, 0) is 24.0 Å². The molecule has 1 atom stereocenters. The molecule has 0 spiro atoms. The lowest BCUT2D eigenvalue weighted by Crippen LogP contribution is -2.36. The zero-order valence-electron chi connectivity index (χ0n) is 15.7. The Balaban J connectivity index is 1.83. The molecule has 0 aliphatic rings. The highest BCUT2D eigenvalue weighted by Gasteiger charge is 2.14. The topological polar surface area (TPSA) is 32.7 Å². The van der Waals surface area contributed by atoms with E-state index in [1.807, 2.05) is 30.3 Å². The van der Waals surface area contributed by atoms with Gasteiger partial charge in [0.15, 0.2) is 0 Å². The van der Waals surface area contributed by atoms with E-state index in [0.29, 0.717) is 25.7 Å².